The summed E-state index contributed by atoms with van der Waals surface area (Å²) < 4.78 is 24.5. The van der Waals surface area contributed by atoms with Gasteiger partial charge in [-0.05, 0) is 35.7 Å². The van der Waals surface area contributed by atoms with E-state index in [1.807, 2.05) is 43.3 Å². The number of hydrogen-bond acceptors (Lipinski definition) is 4. The molecule has 2 N–H and O–H groups in total. The van der Waals surface area contributed by atoms with Crippen LogP contribution in [0.3, 0.4) is 0 Å². The normalized spacial score (nSPS) is 12.6. The minimum absolute atomic E-state index is 0.0700. The summed E-state index contributed by atoms with van der Waals surface area (Å²) in [6.45, 7) is 2.06. The Morgan fingerprint density at radius 1 is 1.17 bits per heavy atom. The molecule has 7 heteroatoms. The second-order valence-electron chi connectivity index (χ2n) is 5.55. The van der Waals surface area contributed by atoms with Crippen molar-refractivity contribution in [1.29, 1.82) is 0 Å². The van der Waals surface area contributed by atoms with Crippen molar-refractivity contribution in [3.8, 4) is 0 Å². The van der Waals surface area contributed by atoms with Crippen LogP contribution in [0.1, 0.15) is 29.2 Å². The Balaban J connectivity index is 2.16. The molecule has 0 unspecified atom stereocenters. The SMILES string of the molecule is Cc1ccccc1[C@@H](NC(=O)CCNS(C)(=O)=O)c1ccncc1. The molecule has 0 bridgehead atoms. The first-order valence-corrected chi connectivity index (χ1v) is 9.45. The Labute approximate surface area is 142 Å². The van der Waals surface area contributed by atoms with E-state index in [2.05, 4.69) is 15.0 Å². The number of carbonyl (C=O) groups excluding carboxylic acids is 1. The molecule has 0 radical (unpaired) electrons. The maximum absolute atomic E-state index is 12.2. The zero-order chi connectivity index (χ0) is 17.6. The molecule has 128 valence electrons. The van der Waals surface area contributed by atoms with E-state index in [1.165, 1.54) is 0 Å². The molecule has 1 aromatic carbocycles. The smallest absolute Gasteiger partial charge is 0.222 e. The van der Waals surface area contributed by atoms with Gasteiger partial charge < -0.3 is 5.32 Å². The van der Waals surface area contributed by atoms with Crippen LogP contribution in [-0.2, 0) is 14.8 Å². The monoisotopic (exact) mass is 347 g/mol. The lowest BCUT2D eigenvalue weighted by atomic mass is 9.95. The lowest BCUT2D eigenvalue weighted by molar-refractivity contribution is -0.121. The molecule has 0 spiro atoms. The van der Waals surface area contributed by atoms with Gasteiger partial charge in [-0.15, -0.1) is 0 Å². The van der Waals surface area contributed by atoms with Gasteiger partial charge in [-0.2, -0.15) is 0 Å². The van der Waals surface area contributed by atoms with Gasteiger partial charge in [0.05, 0.1) is 12.3 Å². The molecule has 0 saturated carbocycles. The standard InChI is InChI=1S/C17H21N3O3S/c1-13-5-3-4-6-15(13)17(14-7-10-18-11-8-14)20-16(21)9-12-19-24(2,22)23/h3-8,10-11,17,19H,9,12H2,1-2H3,(H,20,21)/t17-/m0/s1. The number of benzene rings is 1. The first kappa shape index (κ1) is 18.1. The fraction of sp³-hybridized carbons (Fsp3) is 0.294. The largest absolute Gasteiger partial charge is 0.345 e. The van der Waals surface area contributed by atoms with Crippen LogP contribution in [0.4, 0.5) is 0 Å². The van der Waals surface area contributed by atoms with E-state index in [1.54, 1.807) is 12.4 Å². The molecule has 1 amide bonds. The summed E-state index contributed by atoms with van der Waals surface area (Å²) in [5.74, 6) is -0.226. The van der Waals surface area contributed by atoms with Crippen molar-refractivity contribution in [3.05, 3.63) is 65.5 Å². The van der Waals surface area contributed by atoms with Crippen LogP contribution in [0.15, 0.2) is 48.8 Å². The van der Waals surface area contributed by atoms with Crippen molar-refractivity contribution < 1.29 is 13.2 Å². The van der Waals surface area contributed by atoms with Gasteiger partial charge in [0.15, 0.2) is 0 Å². The second kappa shape index (κ2) is 8.03. The van der Waals surface area contributed by atoms with Crippen LogP contribution in [0.5, 0.6) is 0 Å². The summed E-state index contributed by atoms with van der Waals surface area (Å²) in [4.78, 5) is 16.2. The first-order valence-electron chi connectivity index (χ1n) is 7.56. The number of carbonyl (C=O) groups is 1. The van der Waals surface area contributed by atoms with Gasteiger partial charge in [-0.1, -0.05) is 24.3 Å². The maximum Gasteiger partial charge on any atom is 0.222 e. The molecule has 6 nitrogen and oxygen atoms in total. The Kier molecular flexibility index (Phi) is 6.05. The van der Waals surface area contributed by atoms with Crippen molar-refractivity contribution in [2.24, 2.45) is 0 Å². The van der Waals surface area contributed by atoms with E-state index >= 15 is 0 Å². The van der Waals surface area contributed by atoms with Crippen LogP contribution >= 0.6 is 0 Å². The molecule has 0 aliphatic heterocycles. The zero-order valence-corrected chi connectivity index (χ0v) is 14.5. The highest BCUT2D eigenvalue weighted by Crippen LogP contribution is 2.24. The van der Waals surface area contributed by atoms with Crippen LogP contribution < -0.4 is 10.0 Å². The summed E-state index contributed by atoms with van der Waals surface area (Å²) in [7, 11) is -3.30. The fourth-order valence-electron chi connectivity index (χ4n) is 2.39. The van der Waals surface area contributed by atoms with Gasteiger partial charge in [0.25, 0.3) is 0 Å². The van der Waals surface area contributed by atoms with E-state index in [-0.39, 0.29) is 24.9 Å². The van der Waals surface area contributed by atoms with Crippen LogP contribution in [0.2, 0.25) is 0 Å². The minimum Gasteiger partial charge on any atom is -0.345 e. The van der Waals surface area contributed by atoms with Crippen molar-refractivity contribution >= 4 is 15.9 Å². The number of sulfonamides is 1. The van der Waals surface area contributed by atoms with Crippen molar-refractivity contribution in [1.82, 2.24) is 15.0 Å². The van der Waals surface area contributed by atoms with Gasteiger partial charge in [-0.3, -0.25) is 9.78 Å². The summed E-state index contributed by atoms with van der Waals surface area (Å²) >= 11 is 0. The Morgan fingerprint density at radius 2 is 1.83 bits per heavy atom. The quantitative estimate of drug-likeness (QED) is 0.795. The average Bonchev–Trinajstić information content (AvgIpc) is 2.53. The summed E-state index contributed by atoms with van der Waals surface area (Å²) in [5, 5.41) is 2.98. The Hall–Kier alpha value is -2.25. The molecule has 24 heavy (non-hydrogen) atoms. The van der Waals surface area contributed by atoms with Crippen molar-refractivity contribution in [2.45, 2.75) is 19.4 Å². The molecule has 2 aromatic rings. The molecule has 0 aliphatic carbocycles. The van der Waals surface area contributed by atoms with Crippen molar-refractivity contribution in [3.63, 3.8) is 0 Å². The summed E-state index contributed by atoms with van der Waals surface area (Å²) in [6, 6.07) is 11.2. The molecule has 1 heterocycles. The number of hydrogen-bond donors (Lipinski definition) is 2. The van der Waals surface area contributed by atoms with Gasteiger partial charge in [0.1, 0.15) is 0 Å². The number of aryl methyl sites for hydroxylation is 1. The predicted molar refractivity (Wildman–Crippen MR) is 92.9 cm³/mol. The molecule has 0 saturated heterocycles. The molecule has 0 aliphatic rings. The topological polar surface area (TPSA) is 88.2 Å². The third-order valence-corrected chi connectivity index (χ3v) is 4.29. The van der Waals surface area contributed by atoms with Crippen molar-refractivity contribution in [2.75, 3.05) is 12.8 Å². The van der Waals surface area contributed by atoms with E-state index < -0.39 is 10.0 Å². The van der Waals surface area contributed by atoms with Gasteiger partial charge in [0.2, 0.25) is 15.9 Å². The summed E-state index contributed by atoms with van der Waals surface area (Å²) in [6.07, 6.45) is 4.49. The van der Waals surface area contributed by atoms with E-state index in [0.717, 1.165) is 22.9 Å². The van der Waals surface area contributed by atoms with E-state index in [4.69, 9.17) is 0 Å². The third kappa shape index (κ3) is 5.43. The molecular formula is C17H21N3O3S. The first-order chi connectivity index (χ1) is 11.4. The Morgan fingerprint density at radius 3 is 2.46 bits per heavy atom. The van der Waals surface area contributed by atoms with Gasteiger partial charge in [-0.25, -0.2) is 13.1 Å². The molecular weight excluding hydrogens is 326 g/mol. The maximum atomic E-state index is 12.2. The van der Waals surface area contributed by atoms with Crippen LogP contribution in [0.25, 0.3) is 0 Å². The predicted octanol–water partition coefficient (Wildman–Crippen LogP) is 1.53. The number of pyridine rings is 1. The number of nitrogens with zero attached hydrogens (tertiary/aromatic N) is 1. The van der Waals surface area contributed by atoms with Gasteiger partial charge in [0, 0.05) is 25.4 Å². The number of rotatable bonds is 7. The zero-order valence-electron chi connectivity index (χ0n) is 13.7. The number of amides is 1. The third-order valence-electron chi connectivity index (χ3n) is 3.56. The highest BCUT2D eigenvalue weighted by molar-refractivity contribution is 7.88. The molecule has 1 aromatic heterocycles. The van der Waals surface area contributed by atoms with Crippen LogP contribution in [0, 0.1) is 6.92 Å². The fourth-order valence-corrected chi connectivity index (χ4v) is 2.86. The lowest BCUT2D eigenvalue weighted by Crippen LogP contribution is -2.33. The van der Waals surface area contributed by atoms with E-state index in [0.29, 0.717) is 0 Å². The molecule has 2 rings (SSSR count). The molecule has 1 atom stereocenters. The van der Waals surface area contributed by atoms with Crippen LogP contribution in [-0.4, -0.2) is 32.1 Å². The Bertz CT molecular complexity index is 792. The summed E-state index contributed by atoms with van der Waals surface area (Å²) in [5.41, 5.74) is 2.98. The number of aromatic nitrogens is 1. The minimum atomic E-state index is -3.30. The van der Waals surface area contributed by atoms with Gasteiger partial charge >= 0.3 is 0 Å². The van der Waals surface area contributed by atoms with E-state index in [9.17, 15) is 13.2 Å². The highest BCUT2D eigenvalue weighted by atomic mass is 32.2. The highest BCUT2D eigenvalue weighted by Gasteiger charge is 2.18. The average molecular weight is 347 g/mol. The number of nitrogens with one attached hydrogen (secondary N) is 2. The lowest BCUT2D eigenvalue weighted by Gasteiger charge is -2.21. The molecule has 0 fully saturated rings. The second-order valence-corrected chi connectivity index (χ2v) is 7.39.